The second kappa shape index (κ2) is 7.10. The number of aromatic nitrogens is 3. The fourth-order valence-corrected chi connectivity index (χ4v) is 2.91. The molecule has 3 heterocycles. The molecule has 0 spiro atoms. The molecule has 2 aromatic rings. The van der Waals surface area contributed by atoms with Crippen molar-refractivity contribution in [1.82, 2.24) is 19.7 Å². The van der Waals surface area contributed by atoms with E-state index in [4.69, 9.17) is 4.74 Å². The minimum Gasteiger partial charge on any atom is -0.373 e. The average molecular weight is 315 g/mol. The van der Waals surface area contributed by atoms with Crippen LogP contribution in [0.3, 0.4) is 0 Å². The average Bonchev–Trinajstić information content (AvgIpc) is 2.95. The number of pyridine rings is 1. The van der Waals surface area contributed by atoms with Crippen LogP contribution in [0.25, 0.3) is 0 Å². The van der Waals surface area contributed by atoms with E-state index in [1.165, 1.54) is 5.56 Å². The van der Waals surface area contributed by atoms with Gasteiger partial charge >= 0.3 is 0 Å². The SMILES string of the molecule is CCn1cc(CN2CCO[C@H](c3cccc(NC)n3)C2)c(C)n1. The van der Waals surface area contributed by atoms with Crippen LogP contribution in [0.1, 0.15) is 30.0 Å². The minimum absolute atomic E-state index is 0.0265. The largest absolute Gasteiger partial charge is 0.373 e. The van der Waals surface area contributed by atoms with Crippen LogP contribution >= 0.6 is 0 Å². The highest BCUT2D eigenvalue weighted by molar-refractivity contribution is 5.34. The second-order valence-electron chi connectivity index (χ2n) is 5.89. The Morgan fingerprint density at radius 1 is 1.39 bits per heavy atom. The molecule has 1 saturated heterocycles. The predicted molar refractivity (Wildman–Crippen MR) is 90.4 cm³/mol. The van der Waals surface area contributed by atoms with E-state index < -0.39 is 0 Å². The summed E-state index contributed by atoms with van der Waals surface area (Å²) in [6.45, 7) is 8.55. The van der Waals surface area contributed by atoms with Gasteiger partial charge < -0.3 is 10.1 Å². The monoisotopic (exact) mass is 315 g/mol. The highest BCUT2D eigenvalue weighted by Crippen LogP contribution is 2.23. The lowest BCUT2D eigenvalue weighted by Gasteiger charge is -2.32. The molecule has 3 rings (SSSR count). The van der Waals surface area contributed by atoms with Gasteiger partial charge in [0.15, 0.2) is 0 Å². The minimum atomic E-state index is 0.0265. The second-order valence-corrected chi connectivity index (χ2v) is 5.89. The first-order valence-corrected chi connectivity index (χ1v) is 8.21. The summed E-state index contributed by atoms with van der Waals surface area (Å²) in [4.78, 5) is 7.03. The smallest absolute Gasteiger partial charge is 0.126 e. The molecule has 0 aromatic carbocycles. The van der Waals surface area contributed by atoms with E-state index in [1.54, 1.807) is 0 Å². The lowest BCUT2D eigenvalue weighted by atomic mass is 10.1. The van der Waals surface area contributed by atoms with E-state index in [0.29, 0.717) is 0 Å². The Hall–Kier alpha value is -1.92. The van der Waals surface area contributed by atoms with Gasteiger partial charge in [0.1, 0.15) is 11.9 Å². The third-order valence-corrected chi connectivity index (χ3v) is 4.27. The molecule has 0 unspecified atom stereocenters. The molecule has 0 bridgehead atoms. The molecule has 1 fully saturated rings. The highest BCUT2D eigenvalue weighted by atomic mass is 16.5. The zero-order valence-corrected chi connectivity index (χ0v) is 14.1. The molecule has 1 atom stereocenters. The van der Waals surface area contributed by atoms with Crippen molar-refractivity contribution in [3.05, 3.63) is 41.3 Å². The van der Waals surface area contributed by atoms with Crippen LogP contribution in [0.5, 0.6) is 0 Å². The number of rotatable bonds is 5. The number of hydrogen-bond acceptors (Lipinski definition) is 5. The predicted octanol–water partition coefficient (Wildman–Crippen LogP) is 2.22. The Balaban J connectivity index is 1.69. The fraction of sp³-hybridized carbons (Fsp3) is 0.529. The van der Waals surface area contributed by atoms with Crippen molar-refractivity contribution < 1.29 is 4.74 Å². The first-order valence-electron chi connectivity index (χ1n) is 8.21. The van der Waals surface area contributed by atoms with Crippen LogP contribution in [0, 0.1) is 6.92 Å². The number of anilines is 1. The van der Waals surface area contributed by atoms with E-state index in [2.05, 4.69) is 40.3 Å². The third-order valence-electron chi connectivity index (χ3n) is 4.27. The Labute approximate surface area is 137 Å². The van der Waals surface area contributed by atoms with Crippen molar-refractivity contribution in [2.45, 2.75) is 33.0 Å². The number of aryl methyl sites for hydroxylation is 2. The van der Waals surface area contributed by atoms with Crippen molar-refractivity contribution in [3.8, 4) is 0 Å². The van der Waals surface area contributed by atoms with Gasteiger partial charge in [-0.2, -0.15) is 5.10 Å². The summed E-state index contributed by atoms with van der Waals surface area (Å²) in [6, 6.07) is 6.02. The van der Waals surface area contributed by atoms with Gasteiger partial charge in [-0.05, 0) is 26.0 Å². The van der Waals surface area contributed by atoms with Crippen LogP contribution in [-0.4, -0.2) is 46.4 Å². The summed E-state index contributed by atoms with van der Waals surface area (Å²) < 4.78 is 7.94. The summed E-state index contributed by atoms with van der Waals surface area (Å²) >= 11 is 0. The molecule has 2 aromatic heterocycles. The van der Waals surface area contributed by atoms with E-state index in [1.807, 2.05) is 29.9 Å². The summed E-state index contributed by atoms with van der Waals surface area (Å²) in [5.41, 5.74) is 3.40. The van der Waals surface area contributed by atoms with Gasteiger partial charge in [0.25, 0.3) is 0 Å². The Bertz CT molecular complexity index is 654. The summed E-state index contributed by atoms with van der Waals surface area (Å²) in [5, 5.41) is 7.62. The third kappa shape index (κ3) is 3.71. The molecule has 1 aliphatic rings. The van der Waals surface area contributed by atoms with Crippen molar-refractivity contribution in [2.24, 2.45) is 0 Å². The molecule has 23 heavy (non-hydrogen) atoms. The van der Waals surface area contributed by atoms with E-state index in [0.717, 1.165) is 50.0 Å². The molecule has 124 valence electrons. The number of nitrogens with zero attached hydrogens (tertiary/aromatic N) is 4. The van der Waals surface area contributed by atoms with Crippen LogP contribution in [0.15, 0.2) is 24.4 Å². The Morgan fingerprint density at radius 3 is 3.00 bits per heavy atom. The van der Waals surface area contributed by atoms with Crippen molar-refractivity contribution in [2.75, 3.05) is 32.1 Å². The topological polar surface area (TPSA) is 55.2 Å². The Morgan fingerprint density at radius 2 is 2.26 bits per heavy atom. The van der Waals surface area contributed by atoms with Gasteiger partial charge in [-0.15, -0.1) is 0 Å². The molecule has 0 radical (unpaired) electrons. The van der Waals surface area contributed by atoms with Crippen LogP contribution in [-0.2, 0) is 17.8 Å². The molecular weight excluding hydrogens is 290 g/mol. The van der Waals surface area contributed by atoms with Gasteiger partial charge in [0.05, 0.1) is 18.0 Å². The normalized spacial score (nSPS) is 19.0. The maximum absolute atomic E-state index is 5.94. The molecule has 0 aliphatic carbocycles. The zero-order valence-electron chi connectivity index (χ0n) is 14.1. The molecule has 1 N–H and O–H groups in total. The van der Waals surface area contributed by atoms with Crippen LogP contribution < -0.4 is 5.32 Å². The summed E-state index contributed by atoms with van der Waals surface area (Å²) in [7, 11) is 1.88. The molecule has 0 saturated carbocycles. The van der Waals surface area contributed by atoms with E-state index in [9.17, 15) is 0 Å². The maximum atomic E-state index is 5.94. The lowest BCUT2D eigenvalue weighted by Crippen LogP contribution is -2.38. The molecule has 1 aliphatic heterocycles. The molecular formula is C17H25N5O. The quantitative estimate of drug-likeness (QED) is 0.917. The fourth-order valence-electron chi connectivity index (χ4n) is 2.91. The van der Waals surface area contributed by atoms with Crippen LogP contribution in [0.2, 0.25) is 0 Å². The molecule has 6 nitrogen and oxygen atoms in total. The first-order chi connectivity index (χ1) is 11.2. The highest BCUT2D eigenvalue weighted by Gasteiger charge is 2.24. The van der Waals surface area contributed by atoms with E-state index in [-0.39, 0.29) is 6.10 Å². The lowest BCUT2D eigenvalue weighted by molar-refractivity contribution is -0.0349. The number of hydrogen-bond donors (Lipinski definition) is 1. The van der Waals surface area contributed by atoms with Gasteiger partial charge in [-0.1, -0.05) is 6.07 Å². The molecule has 6 heteroatoms. The van der Waals surface area contributed by atoms with E-state index >= 15 is 0 Å². The van der Waals surface area contributed by atoms with Gasteiger partial charge in [-0.3, -0.25) is 9.58 Å². The van der Waals surface area contributed by atoms with Gasteiger partial charge in [-0.25, -0.2) is 4.98 Å². The first kappa shape index (κ1) is 16.0. The maximum Gasteiger partial charge on any atom is 0.126 e. The number of nitrogens with one attached hydrogen (secondary N) is 1. The molecule has 0 amide bonds. The van der Waals surface area contributed by atoms with Crippen molar-refractivity contribution in [3.63, 3.8) is 0 Å². The number of morpholine rings is 1. The Kier molecular flexibility index (Phi) is 4.93. The standard InChI is InChI=1S/C17H25N5O/c1-4-22-11-14(13(2)20-22)10-21-8-9-23-16(12-21)15-6-5-7-17(18-3)19-15/h5-7,11,16H,4,8-10,12H2,1-3H3,(H,18,19)/t16-/m0/s1. The van der Waals surface area contributed by atoms with Gasteiger partial charge in [0, 0.05) is 45.0 Å². The van der Waals surface area contributed by atoms with Crippen molar-refractivity contribution >= 4 is 5.82 Å². The summed E-state index contributed by atoms with van der Waals surface area (Å²) in [5.74, 6) is 0.878. The van der Waals surface area contributed by atoms with Crippen molar-refractivity contribution in [1.29, 1.82) is 0 Å². The van der Waals surface area contributed by atoms with Gasteiger partial charge in [0.2, 0.25) is 0 Å². The zero-order chi connectivity index (χ0) is 16.2. The summed E-state index contributed by atoms with van der Waals surface area (Å²) in [6.07, 6.45) is 2.18. The number of ether oxygens (including phenoxy) is 1. The van der Waals surface area contributed by atoms with Crippen LogP contribution in [0.4, 0.5) is 5.82 Å².